The summed E-state index contributed by atoms with van der Waals surface area (Å²) in [5.74, 6) is -0.961. The molecule has 1 atom stereocenters. The van der Waals surface area contributed by atoms with Crippen molar-refractivity contribution >= 4 is 15.9 Å². The van der Waals surface area contributed by atoms with Crippen molar-refractivity contribution in [3.63, 3.8) is 0 Å². The number of phenolic OH excluding ortho intramolecular Hbond substituents is 1. The molecule has 0 spiro atoms. The van der Waals surface area contributed by atoms with Crippen molar-refractivity contribution in [3.8, 4) is 11.5 Å². The standard InChI is InChI=1S/C18H17BrF4N2O2/c19-15-10-12(20)9-14(17(15)26)16(25-7-5-24-6-8-25)11-1-3-13(4-2-11)27-18(21,22)23/h1-4,9-10,16,24,26H,5-8H2/t16-/m1/s1. The van der Waals surface area contributed by atoms with Gasteiger partial charge in [0.15, 0.2) is 0 Å². The van der Waals surface area contributed by atoms with Crippen molar-refractivity contribution in [2.75, 3.05) is 26.2 Å². The van der Waals surface area contributed by atoms with Gasteiger partial charge >= 0.3 is 6.36 Å². The van der Waals surface area contributed by atoms with E-state index in [4.69, 9.17) is 0 Å². The average Bonchev–Trinajstić information content (AvgIpc) is 2.60. The van der Waals surface area contributed by atoms with Crippen LogP contribution in [0.15, 0.2) is 40.9 Å². The Morgan fingerprint density at radius 3 is 2.33 bits per heavy atom. The molecule has 2 aromatic rings. The quantitative estimate of drug-likeness (QED) is 0.688. The van der Waals surface area contributed by atoms with Crippen LogP contribution in [0.5, 0.6) is 11.5 Å². The second-order valence-corrected chi connectivity index (χ2v) is 6.99. The molecule has 4 nitrogen and oxygen atoms in total. The molecule has 0 radical (unpaired) electrons. The lowest BCUT2D eigenvalue weighted by atomic mass is 9.95. The minimum absolute atomic E-state index is 0.101. The van der Waals surface area contributed by atoms with E-state index in [1.54, 1.807) is 0 Å². The third kappa shape index (κ3) is 4.91. The average molecular weight is 449 g/mol. The summed E-state index contributed by atoms with van der Waals surface area (Å²) in [4.78, 5) is 2.04. The number of aromatic hydroxyl groups is 1. The number of piperazine rings is 1. The largest absolute Gasteiger partial charge is 0.573 e. The van der Waals surface area contributed by atoms with E-state index in [0.29, 0.717) is 37.3 Å². The van der Waals surface area contributed by atoms with E-state index in [9.17, 15) is 22.7 Å². The number of benzene rings is 2. The second-order valence-electron chi connectivity index (χ2n) is 6.13. The van der Waals surface area contributed by atoms with Gasteiger partial charge in [0.1, 0.15) is 17.3 Å². The molecule has 0 saturated carbocycles. The summed E-state index contributed by atoms with van der Waals surface area (Å²) in [5.41, 5.74) is 0.965. The summed E-state index contributed by atoms with van der Waals surface area (Å²) in [6.07, 6.45) is -4.77. The summed E-state index contributed by atoms with van der Waals surface area (Å²) < 4.78 is 55.3. The maximum absolute atomic E-state index is 14.0. The summed E-state index contributed by atoms with van der Waals surface area (Å²) in [6.45, 7) is 2.70. The van der Waals surface area contributed by atoms with Crippen molar-refractivity contribution < 1.29 is 27.4 Å². The first-order valence-corrected chi connectivity index (χ1v) is 9.02. The summed E-state index contributed by atoms with van der Waals surface area (Å²) >= 11 is 3.14. The lowest BCUT2D eigenvalue weighted by molar-refractivity contribution is -0.274. The van der Waals surface area contributed by atoms with E-state index in [2.05, 4.69) is 26.0 Å². The molecule has 1 saturated heterocycles. The van der Waals surface area contributed by atoms with Crippen molar-refractivity contribution in [2.45, 2.75) is 12.4 Å². The molecule has 1 fully saturated rings. The van der Waals surface area contributed by atoms with Crippen LogP contribution < -0.4 is 10.1 Å². The Hall–Kier alpha value is -1.84. The van der Waals surface area contributed by atoms with Gasteiger partial charge < -0.3 is 15.2 Å². The smallest absolute Gasteiger partial charge is 0.506 e. The predicted octanol–water partition coefficient (Wildman–Crippen LogP) is 4.19. The zero-order valence-corrected chi connectivity index (χ0v) is 15.6. The molecule has 0 amide bonds. The first kappa shape index (κ1) is 19.9. The molecule has 2 N–H and O–H groups in total. The van der Waals surface area contributed by atoms with E-state index in [1.165, 1.54) is 30.3 Å². The number of ether oxygens (including phenoxy) is 1. The molecular formula is C18H17BrF4N2O2. The summed E-state index contributed by atoms with van der Waals surface area (Å²) in [5, 5.41) is 13.7. The zero-order valence-electron chi connectivity index (χ0n) is 14.1. The third-order valence-electron chi connectivity index (χ3n) is 4.30. The van der Waals surface area contributed by atoms with Gasteiger partial charge in [0.05, 0.1) is 10.5 Å². The van der Waals surface area contributed by atoms with Crippen LogP contribution in [-0.2, 0) is 0 Å². The topological polar surface area (TPSA) is 44.7 Å². The number of alkyl halides is 3. The van der Waals surface area contributed by atoms with Crippen LogP contribution >= 0.6 is 15.9 Å². The Morgan fingerprint density at radius 2 is 1.74 bits per heavy atom. The van der Waals surface area contributed by atoms with Crippen LogP contribution in [0, 0.1) is 5.82 Å². The van der Waals surface area contributed by atoms with Crippen molar-refractivity contribution in [1.82, 2.24) is 10.2 Å². The first-order valence-electron chi connectivity index (χ1n) is 8.23. The van der Waals surface area contributed by atoms with Gasteiger partial charge in [0.25, 0.3) is 0 Å². The van der Waals surface area contributed by atoms with E-state index in [1.807, 2.05) is 4.90 Å². The first-order chi connectivity index (χ1) is 12.7. The normalized spacial score (nSPS) is 16.9. The Balaban J connectivity index is 2.00. The maximum Gasteiger partial charge on any atom is 0.573 e. The number of hydrogen-bond donors (Lipinski definition) is 2. The molecule has 27 heavy (non-hydrogen) atoms. The van der Waals surface area contributed by atoms with E-state index in [-0.39, 0.29) is 16.0 Å². The number of rotatable bonds is 4. The Labute approximate surface area is 161 Å². The monoisotopic (exact) mass is 448 g/mol. The van der Waals surface area contributed by atoms with E-state index < -0.39 is 18.2 Å². The molecule has 146 valence electrons. The van der Waals surface area contributed by atoms with Crippen LogP contribution in [0.3, 0.4) is 0 Å². The fourth-order valence-electron chi connectivity index (χ4n) is 3.17. The second kappa shape index (κ2) is 8.04. The van der Waals surface area contributed by atoms with Gasteiger partial charge in [-0.05, 0) is 45.8 Å². The Morgan fingerprint density at radius 1 is 1.11 bits per heavy atom. The van der Waals surface area contributed by atoms with Crippen LogP contribution in [0.25, 0.3) is 0 Å². The van der Waals surface area contributed by atoms with Gasteiger partial charge in [-0.1, -0.05) is 12.1 Å². The molecule has 0 aromatic heterocycles. The van der Waals surface area contributed by atoms with Crippen molar-refractivity contribution in [3.05, 3.63) is 57.8 Å². The van der Waals surface area contributed by atoms with Crippen LogP contribution in [0.4, 0.5) is 17.6 Å². The molecule has 0 unspecified atom stereocenters. The molecule has 3 rings (SSSR count). The highest BCUT2D eigenvalue weighted by Gasteiger charge is 2.32. The zero-order chi connectivity index (χ0) is 19.6. The number of hydrogen-bond acceptors (Lipinski definition) is 4. The van der Waals surface area contributed by atoms with Gasteiger partial charge in [-0.25, -0.2) is 4.39 Å². The minimum Gasteiger partial charge on any atom is -0.506 e. The number of nitrogens with zero attached hydrogens (tertiary/aromatic N) is 1. The van der Waals surface area contributed by atoms with E-state index in [0.717, 1.165) is 6.07 Å². The predicted molar refractivity (Wildman–Crippen MR) is 95.2 cm³/mol. The van der Waals surface area contributed by atoms with Gasteiger partial charge in [-0.3, -0.25) is 4.90 Å². The molecular weight excluding hydrogens is 432 g/mol. The highest BCUT2D eigenvalue weighted by atomic mass is 79.9. The highest BCUT2D eigenvalue weighted by Crippen LogP contribution is 2.39. The molecule has 1 heterocycles. The molecule has 9 heteroatoms. The van der Waals surface area contributed by atoms with Crippen LogP contribution in [0.1, 0.15) is 17.2 Å². The van der Waals surface area contributed by atoms with Gasteiger partial charge in [-0.15, -0.1) is 13.2 Å². The Bertz CT molecular complexity index is 793. The molecule has 2 aromatic carbocycles. The molecule has 1 aliphatic rings. The van der Waals surface area contributed by atoms with E-state index >= 15 is 0 Å². The fraction of sp³-hybridized carbons (Fsp3) is 0.333. The Kier molecular flexibility index (Phi) is 5.92. The van der Waals surface area contributed by atoms with Gasteiger partial charge in [-0.2, -0.15) is 0 Å². The van der Waals surface area contributed by atoms with Crippen molar-refractivity contribution in [2.24, 2.45) is 0 Å². The molecule has 0 bridgehead atoms. The van der Waals surface area contributed by atoms with Crippen molar-refractivity contribution in [1.29, 1.82) is 0 Å². The maximum atomic E-state index is 14.0. The lowest BCUT2D eigenvalue weighted by Crippen LogP contribution is -2.45. The molecule has 0 aliphatic carbocycles. The van der Waals surface area contributed by atoms with Gasteiger partial charge in [0.2, 0.25) is 0 Å². The fourth-order valence-corrected chi connectivity index (χ4v) is 3.62. The summed E-state index contributed by atoms with van der Waals surface area (Å²) in [6, 6.07) is 7.30. The summed E-state index contributed by atoms with van der Waals surface area (Å²) in [7, 11) is 0. The lowest BCUT2D eigenvalue weighted by Gasteiger charge is -2.36. The number of nitrogens with one attached hydrogen (secondary N) is 1. The minimum atomic E-state index is -4.77. The SMILES string of the molecule is Oc1c(Br)cc(F)cc1[C@@H](c1ccc(OC(F)(F)F)cc1)N1CCNCC1. The van der Waals surface area contributed by atoms with Gasteiger partial charge in [0, 0.05) is 31.7 Å². The molecule has 1 aliphatic heterocycles. The highest BCUT2D eigenvalue weighted by molar-refractivity contribution is 9.10. The van der Waals surface area contributed by atoms with Crippen LogP contribution in [-0.4, -0.2) is 42.5 Å². The third-order valence-corrected chi connectivity index (χ3v) is 4.90. The number of phenols is 1. The van der Waals surface area contributed by atoms with Crippen LogP contribution in [0.2, 0.25) is 0 Å². The number of halogens is 5.